The van der Waals surface area contributed by atoms with E-state index in [1.54, 1.807) is 6.92 Å². The fraction of sp³-hybridized carbons (Fsp3) is 0.524. The summed E-state index contributed by atoms with van der Waals surface area (Å²) in [5, 5.41) is 0.690. The fourth-order valence-corrected chi connectivity index (χ4v) is 3.34. The molecule has 152 valence electrons. The molecule has 1 saturated heterocycles. The second-order valence-corrected chi connectivity index (χ2v) is 7.64. The van der Waals surface area contributed by atoms with Crippen LogP contribution >= 0.6 is 11.6 Å². The van der Waals surface area contributed by atoms with Crippen LogP contribution < -0.4 is 0 Å². The standard InChI is InChI=1S/C21H26ClNO5/c1-14-18(23-19(28-14)16-8-10-17(22)11-9-16)7-5-4-6-15-12-26-21(2,27-13-15)20(24)25-3/h8-11,15H,4-7,12-13H2,1-3H3/t15-,21+. The maximum absolute atomic E-state index is 11.7. The van der Waals surface area contributed by atoms with E-state index >= 15 is 0 Å². The molecule has 0 amide bonds. The number of rotatable bonds is 7. The molecule has 2 heterocycles. The van der Waals surface area contributed by atoms with Gasteiger partial charge in [-0.3, -0.25) is 0 Å². The minimum Gasteiger partial charge on any atom is -0.465 e. The Bertz CT molecular complexity index is 794. The summed E-state index contributed by atoms with van der Waals surface area (Å²) in [6, 6.07) is 7.47. The smallest absolute Gasteiger partial charge is 0.366 e. The molecule has 0 radical (unpaired) electrons. The fourth-order valence-electron chi connectivity index (χ4n) is 3.21. The molecule has 0 bridgehead atoms. The van der Waals surface area contributed by atoms with Gasteiger partial charge >= 0.3 is 5.97 Å². The lowest BCUT2D eigenvalue weighted by Gasteiger charge is -2.35. The molecule has 1 aliphatic heterocycles. The van der Waals surface area contributed by atoms with E-state index in [9.17, 15) is 4.79 Å². The Labute approximate surface area is 170 Å². The molecule has 0 atom stereocenters. The lowest BCUT2D eigenvalue weighted by molar-refractivity contribution is -0.272. The Morgan fingerprint density at radius 3 is 2.57 bits per heavy atom. The minimum atomic E-state index is -1.28. The lowest BCUT2D eigenvalue weighted by atomic mass is 10.0. The number of unbranched alkanes of at least 4 members (excludes halogenated alkanes) is 1. The molecule has 2 aromatic rings. The third kappa shape index (κ3) is 4.93. The van der Waals surface area contributed by atoms with Crippen molar-refractivity contribution in [2.45, 2.75) is 45.3 Å². The SMILES string of the molecule is COC(=O)[C@]1(C)OC[C@H](CCCCc2nc(-c3ccc(Cl)cc3)oc2C)CO1. The van der Waals surface area contributed by atoms with E-state index in [4.69, 9.17) is 30.2 Å². The van der Waals surface area contributed by atoms with Gasteiger partial charge in [-0.1, -0.05) is 18.0 Å². The summed E-state index contributed by atoms with van der Waals surface area (Å²) in [6.07, 6.45) is 3.85. The van der Waals surface area contributed by atoms with Gasteiger partial charge in [-0.05, 0) is 50.5 Å². The van der Waals surface area contributed by atoms with E-state index in [1.165, 1.54) is 7.11 Å². The second kappa shape index (κ2) is 9.07. The zero-order valence-electron chi connectivity index (χ0n) is 16.5. The summed E-state index contributed by atoms with van der Waals surface area (Å²) in [4.78, 5) is 16.3. The molecular weight excluding hydrogens is 382 g/mol. The molecule has 0 saturated carbocycles. The van der Waals surface area contributed by atoms with E-state index in [0.29, 0.717) is 24.1 Å². The van der Waals surface area contributed by atoms with Crippen LogP contribution in [0.5, 0.6) is 0 Å². The van der Waals surface area contributed by atoms with Crippen LogP contribution in [0.15, 0.2) is 28.7 Å². The van der Waals surface area contributed by atoms with Gasteiger partial charge in [0.05, 0.1) is 26.0 Å². The number of aromatic nitrogens is 1. The summed E-state index contributed by atoms with van der Waals surface area (Å²) in [5.74, 6) is -0.0191. The highest BCUT2D eigenvalue weighted by molar-refractivity contribution is 6.30. The minimum absolute atomic E-state index is 0.278. The van der Waals surface area contributed by atoms with E-state index in [0.717, 1.165) is 42.7 Å². The molecule has 0 unspecified atom stereocenters. The normalized spacial score (nSPS) is 22.2. The number of nitrogens with zero attached hydrogens (tertiary/aromatic N) is 1. The van der Waals surface area contributed by atoms with Crippen molar-refractivity contribution < 1.29 is 23.4 Å². The number of benzene rings is 1. The molecule has 3 rings (SSSR count). The monoisotopic (exact) mass is 407 g/mol. The maximum Gasteiger partial charge on any atom is 0.366 e. The summed E-state index contributed by atoms with van der Waals surface area (Å²) >= 11 is 5.93. The maximum atomic E-state index is 11.7. The van der Waals surface area contributed by atoms with Crippen LogP contribution in [0.25, 0.3) is 11.5 Å². The third-order valence-electron chi connectivity index (χ3n) is 5.00. The van der Waals surface area contributed by atoms with Gasteiger partial charge in [-0.2, -0.15) is 0 Å². The van der Waals surface area contributed by atoms with Gasteiger partial charge in [-0.15, -0.1) is 0 Å². The van der Waals surface area contributed by atoms with Crippen LogP contribution in [0.1, 0.15) is 37.6 Å². The second-order valence-electron chi connectivity index (χ2n) is 7.20. The predicted molar refractivity (Wildman–Crippen MR) is 105 cm³/mol. The summed E-state index contributed by atoms with van der Waals surface area (Å²) in [6.45, 7) is 4.53. The first-order valence-corrected chi connectivity index (χ1v) is 9.87. The number of carbonyl (C=O) groups is 1. The first-order valence-electron chi connectivity index (χ1n) is 9.50. The Morgan fingerprint density at radius 1 is 1.25 bits per heavy atom. The van der Waals surface area contributed by atoms with Gasteiger partial charge < -0.3 is 18.6 Å². The molecule has 7 heteroatoms. The number of halogens is 1. The number of oxazole rings is 1. The number of esters is 1. The van der Waals surface area contributed by atoms with Crippen molar-refractivity contribution in [3.8, 4) is 11.5 Å². The summed E-state index contributed by atoms with van der Waals surface area (Å²) in [5.41, 5.74) is 1.91. The summed E-state index contributed by atoms with van der Waals surface area (Å²) in [7, 11) is 1.33. The van der Waals surface area contributed by atoms with Crippen LogP contribution in [-0.2, 0) is 25.4 Å². The average molecular weight is 408 g/mol. The molecule has 1 aliphatic rings. The number of methoxy groups -OCH3 is 1. The Morgan fingerprint density at radius 2 is 1.93 bits per heavy atom. The number of aryl methyl sites for hydroxylation is 2. The quantitative estimate of drug-likeness (QED) is 0.494. The molecule has 1 aromatic heterocycles. The van der Waals surface area contributed by atoms with Gasteiger partial charge in [0.1, 0.15) is 5.76 Å². The average Bonchev–Trinajstić information content (AvgIpc) is 3.07. The number of carbonyl (C=O) groups excluding carboxylic acids is 1. The van der Waals surface area contributed by atoms with Crippen LogP contribution in [-0.4, -0.2) is 37.1 Å². The van der Waals surface area contributed by atoms with E-state index in [2.05, 4.69) is 4.98 Å². The van der Waals surface area contributed by atoms with Gasteiger partial charge in [0.15, 0.2) is 0 Å². The van der Waals surface area contributed by atoms with E-state index in [-0.39, 0.29) is 5.92 Å². The van der Waals surface area contributed by atoms with Crippen molar-refractivity contribution in [3.63, 3.8) is 0 Å². The highest BCUT2D eigenvalue weighted by Crippen LogP contribution is 2.27. The first kappa shape index (κ1) is 20.8. The molecular formula is C21H26ClNO5. The first-order chi connectivity index (χ1) is 13.4. The largest absolute Gasteiger partial charge is 0.465 e. The number of hydrogen-bond donors (Lipinski definition) is 0. The zero-order chi connectivity index (χ0) is 20.1. The van der Waals surface area contributed by atoms with E-state index in [1.807, 2.05) is 31.2 Å². The third-order valence-corrected chi connectivity index (χ3v) is 5.26. The van der Waals surface area contributed by atoms with Gasteiger partial charge in [0.2, 0.25) is 5.89 Å². The topological polar surface area (TPSA) is 70.8 Å². The van der Waals surface area contributed by atoms with Crippen LogP contribution in [0.2, 0.25) is 5.02 Å². The zero-order valence-corrected chi connectivity index (χ0v) is 17.3. The Hall–Kier alpha value is -1.89. The highest BCUT2D eigenvalue weighted by Gasteiger charge is 2.41. The predicted octanol–water partition coefficient (Wildman–Crippen LogP) is 4.57. The summed E-state index contributed by atoms with van der Waals surface area (Å²) < 4.78 is 21.7. The van der Waals surface area contributed by atoms with Gasteiger partial charge in [-0.25, -0.2) is 9.78 Å². The number of hydrogen-bond acceptors (Lipinski definition) is 6. The van der Waals surface area contributed by atoms with Crippen molar-refractivity contribution in [2.24, 2.45) is 5.92 Å². The van der Waals surface area contributed by atoms with Crippen molar-refractivity contribution >= 4 is 17.6 Å². The van der Waals surface area contributed by atoms with Crippen LogP contribution in [0.3, 0.4) is 0 Å². The van der Waals surface area contributed by atoms with Crippen molar-refractivity contribution in [3.05, 3.63) is 40.7 Å². The Balaban J connectivity index is 1.44. The van der Waals surface area contributed by atoms with Crippen molar-refractivity contribution in [2.75, 3.05) is 20.3 Å². The molecule has 28 heavy (non-hydrogen) atoms. The Kier molecular flexibility index (Phi) is 6.75. The van der Waals surface area contributed by atoms with Gasteiger partial charge in [0.25, 0.3) is 5.79 Å². The molecule has 1 aromatic carbocycles. The van der Waals surface area contributed by atoms with E-state index < -0.39 is 11.8 Å². The molecule has 1 fully saturated rings. The highest BCUT2D eigenvalue weighted by atomic mass is 35.5. The number of ether oxygens (including phenoxy) is 3. The molecule has 0 aliphatic carbocycles. The van der Waals surface area contributed by atoms with Crippen LogP contribution in [0.4, 0.5) is 0 Å². The molecule has 6 nitrogen and oxygen atoms in total. The lowest BCUT2D eigenvalue weighted by Crippen LogP contribution is -2.48. The van der Waals surface area contributed by atoms with Gasteiger partial charge in [0, 0.05) is 23.4 Å². The molecule has 0 N–H and O–H groups in total. The van der Waals surface area contributed by atoms with Crippen molar-refractivity contribution in [1.82, 2.24) is 4.98 Å². The molecule has 0 spiro atoms. The van der Waals surface area contributed by atoms with Crippen LogP contribution in [0, 0.1) is 12.8 Å². The van der Waals surface area contributed by atoms with Crippen molar-refractivity contribution in [1.29, 1.82) is 0 Å².